The smallest absolute Gasteiger partial charge is 0.189 e. The fourth-order valence-electron chi connectivity index (χ4n) is 2.98. The largest absolute Gasteiger partial charge is 0.329 e. The monoisotopic (exact) mass is 481 g/mol. The lowest BCUT2D eigenvalue weighted by Gasteiger charge is -2.06. The number of thiophene rings is 2. The fourth-order valence-corrected chi connectivity index (χ4v) is 6.48. The molecule has 0 spiro atoms. The lowest BCUT2D eigenvalue weighted by molar-refractivity contribution is 0.789. The van der Waals surface area contributed by atoms with Crippen LogP contribution in [0.3, 0.4) is 0 Å². The van der Waals surface area contributed by atoms with Gasteiger partial charge in [0.25, 0.3) is 0 Å². The molecule has 13 heteroatoms. The molecule has 0 unspecified atom stereocenters. The highest BCUT2D eigenvalue weighted by atomic mass is 32.2. The van der Waals surface area contributed by atoms with Crippen molar-refractivity contribution in [3.8, 4) is 10.7 Å². The third kappa shape index (κ3) is 3.39. The van der Waals surface area contributed by atoms with Crippen molar-refractivity contribution in [1.29, 1.82) is 0 Å². The number of fused-ring (bicyclic) bond motifs is 2. The van der Waals surface area contributed by atoms with Gasteiger partial charge in [0.05, 0.1) is 21.3 Å². The van der Waals surface area contributed by atoms with Crippen molar-refractivity contribution in [3.05, 3.63) is 41.2 Å². The first-order valence-electron chi connectivity index (χ1n) is 8.91. The van der Waals surface area contributed by atoms with Gasteiger partial charge >= 0.3 is 0 Å². The quantitative estimate of drug-likeness (QED) is 0.355. The van der Waals surface area contributed by atoms with E-state index in [0.29, 0.717) is 11.0 Å². The van der Waals surface area contributed by atoms with Gasteiger partial charge in [0.1, 0.15) is 22.7 Å². The number of aromatic amines is 1. The van der Waals surface area contributed by atoms with Crippen LogP contribution in [0.25, 0.3) is 32.5 Å². The van der Waals surface area contributed by atoms with Gasteiger partial charge in [0, 0.05) is 41.0 Å². The van der Waals surface area contributed by atoms with E-state index in [1.807, 2.05) is 28.6 Å². The van der Waals surface area contributed by atoms with Crippen LogP contribution in [0, 0.1) is 0 Å². The third-order valence-electron chi connectivity index (χ3n) is 4.42. The van der Waals surface area contributed by atoms with Crippen molar-refractivity contribution in [2.24, 2.45) is 7.05 Å². The zero-order valence-corrected chi connectivity index (χ0v) is 19.0. The van der Waals surface area contributed by atoms with Crippen LogP contribution in [0.5, 0.6) is 0 Å². The molecule has 0 aliphatic heterocycles. The summed E-state index contributed by atoms with van der Waals surface area (Å²) in [5.41, 5.74) is 1.76. The number of nitrogens with one attached hydrogen (secondary N) is 1. The van der Waals surface area contributed by atoms with E-state index in [4.69, 9.17) is 9.97 Å². The molecule has 0 aliphatic rings. The highest BCUT2D eigenvalue weighted by Gasteiger charge is 2.20. The topological polar surface area (TPSA) is 111 Å². The van der Waals surface area contributed by atoms with Crippen LogP contribution >= 0.6 is 46.2 Å². The molecule has 6 aromatic rings. The maximum atomic E-state index is 4.89. The summed E-state index contributed by atoms with van der Waals surface area (Å²) in [4.78, 5) is 28.3. The minimum Gasteiger partial charge on any atom is -0.329 e. The second-order valence-electron chi connectivity index (χ2n) is 6.34. The molecule has 6 rings (SSSR count). The number of imidazole rings is 1. The van der Waals surface area contributed by atoms with Crippen LogP contribution in [-0.4, -0.2) is 44.7 Å². The molecule has 0 atom stereocenters. The molecular formula is C18H11N9S4. The molecule has 31 heavy (non-hydrogen) atoms. The molecular weight excluding hydrogens is 471 g/mol. The van der Waals surface area contributed by atoms with E-state index in [-0.39, 0.29) is 0 Å². The Morgan fingerprint density at radius 2 is 1.90 bits per heavy atom. The van der Waals surface area contributed by atoms with E-state index in [9.17, 15) is 0 Å². The number of rotatable bonds is 5. The van der Waals surface area contributed by atoms with Crippen LogP contribution in [0.4, 0.5) is 0 Å². The van der Waals surface area contributed by atoms with Crippen molar-refractivity contribution in [3.63, 3.8) is 0 Å². The minimum absolute atomic E-state index is 0.643. The van der Waals surface area contributed by atoms with Gasteiger partial charge in [0.2, 0.25) is 0 Å². The summed E-state index contributed by atoms with van der Waals surface area (Å²) in [5.74, 6) is 0.643. The van der Waals surface area contributed by atoms with Crippen LogP contribution in [0.15, 0.2) is 61.6 Å². The Kier molecular flexibility index (Phi) is 4.67. The zero-order valence-electron chi connectivity index (χ0n) is 15.8. The molecule has 0 fully saturated rings. The lowest BCUT2D eigenvalue weighted by Crippen LogP contribution is -1.94. The molecule has 152 valence electrons. The van der Waals surface area contributed by atoms with E-state index in [1.165, 1.54) is 29.9 Å². The van der Waals surface area contributed by atoms with Crippen LogP contribution in [0.1, 0.15) is 0 Å². The molecule has 0 bridgehead atoms. The van der Waals surface area contributed by atoms with Crippen molar-refractivity contribution < 1.29 is 0 Å². The minimum atomic E-state index is 0.643. The molecule has 6 aromatic heterocycles. The average Bonchev–Trinajstić information content (AvgIpc) is 3.56. The van der Waals surface area contributed by atoms with Gasteiger partial charge in [-0.25, -0.2) is 29.9 Å². The second-order valence-corrected chi connectivity index (χ2v) is 9.90. The molecule has 0 aromatic carbocycles. The number of hydrogen-bond donors (Lipinski definition) is 1. The maximum absolute atomic E-state index is 4.89. The van der Waals surface area contributed by atoms with Crippen molar-refractivity contribution >= 4 is 68.0 Å². The summed E-state index contributed by atoms with van der Waals surface area (Å²) in [6, 6.07) is 0. The molecule has 0 saturated heterocycles. The summed E-state index contributed by atoms with van der Waals surface area (Å²) >= 11 is 6.10. The van der Waals surface area contributed by atoms with Gasteiger partial charge < -0.3 is 4.57 Å². The van der Waals surface area contributed by atoms with Gasteiger partial charge in [0.15, 0.2) is 16.1 Å². The Hall–Kier alpha value is -2.87. The molecule has 1 N–H and O–H groups in total. The SMILES string of the molecule is Cn1ccnc1Sc1ncnc2csc(-c3nc(Sc4ncn[nH]4)c4cscc4n3)c12. The fraction of sp³-hybridized carbons (Fsp3) is 0.0556. The lowest BCUT2D eigenvalue weighted by atomic mass is 10.3. The highest BCUT2D eigenvalue weighted by Crippen LogP contribution is 2.41. The number of H-pyrrole nitrogens is 1. The van der Waals surface area contributed by atoms with Crippen LogP contribution in [-0.2, 0) is 7.05 Å². The van der Waals surface area contributed by atoms with E-state index in [1.54, 1.807) is 35.2 Å². The predicted molar refractivity (Wildman–Crippen MR) is 122 cm³/mol. The van der Waals surface area contributed by atoms with Crippen LogP contribution in [0.2, 0.25) is 0 Å². The van der Waals surface area contributed by atoms with Crippen molar-refractivity contribution in [1.82, 2.24) is 44.7 Å². The molecule has 6 heterocycles. The zero-order chi connectivity index (χ0) is 20.8. The first kappa shape index (κ1) is 18.9. The summed E-state index contributed by atoms with van der Waals surface area (Å²) < 4.78 is 1.96. The maximum Gasteiger partial charge on any atom is 0.189 e. The van der Waals surface area contributed by atoms with E-state index >= 15 is 0 Å². The Morgan fingerprint density at radius 1 is 0.935 bits per heavy atom. The number of nitrogens with zero attached hydrogens (tertiary/aromatic N) is 8. The predicted octanol–water partition coefficient (Wildman–Crippen LogP) is 4.52. The van der Waals surface area contributed by atoms with Gasteiger partial charge in [-0.15, -0.1) is 22.7 Å². The van der Waals surface area contributed by atoms with Gasteiger partial charge in [-0.2, -0.15) is 5.10 Å². The Balaban J connectivity index is 1.51. The number of aromatic nitrogens is 9. The highest BCUT2D eigenvalue weighted by molar-refractivity contribution is 7.99. The van der Waals surface area contributed by atoms with E-state index < -0.39 is 0 Å². The number of hydrogen-bond acceptors (Lipinski definition) is 11. The van der Waals surface area contributed by atoms with Gasteiger partial charge in [-0.05, 0) is 23.5 Å². The molecule has 0 radical (unpaired) electrons. The molecule has 9 nitrogen and oxygen atoms in total. The van der Waals surface area contributed by atoms with Crippen LogP contribution < -0.4 is 0 Å². The molecule has 0 saturated carbocycles. The summed E-state index contributed by atoms with van der Waals surface area (Å²) in [7, 11) is 1.96. The summed E-state index contributed by atoms with van der Waals surface area (Å²) in [6.07, 6.45) is 6.75. The summed E-state index contributed by atoms with van der Waals surface area (Å²) in [6.45, 7) is 0. The van der Waals surface area contributed by atoms with E-state index in [0.717, 1.165) is 41.9 Å². The Labute approximate surface area is 191 Å². The Morgan fingerprint density at radius 3 is 2.74 bits per heavy atom. The standard InChI is InChI=1S/C18H11N9S4/c1-27-3-2-19-18(27)31-16-12-11(20-7-21-16)6-29-13(12)14-24-10-5-28-4-9(10)15(25-14)30-17-22-8-23-26-17/h2-8H,1H3,(H,22,23,26). The first-order chi connectivity index (χ1) is 15.3. The Bertz CT molecular complexity index is 1520. The normalized spacial score (nSPS) is 11.6. The number of aryl methyl sites for hydroxylation is 1. The third-order valence-corrected chi connectivity index (χ3v) is 8.09. The summed E-state index contributed by atoms with van der Waals surface area (Å²) in [5, 5.41) is 18.0. The van der Waals surface area contributed by atoms with Gasteiger partial charge in [-0.3, -0.25) is 5.10 Å². The van der Waals surface area contributed by atoms with Crippen molar-refractivity contribution in [2.75, 3.05) is 0 Å². The molecule has 0 amide bonds. The van der Waals surface area contributed by atoms with Crippen molar-refractivity contribution in [2.45, 2.75) is 20.4 Å². The average molecular weight is 482 g/mol. The van der Waals surface area contributed by atoms with E-state index in [2.05, 4.69) is 35.5 Å². The molecule has 0 aliphatic carbocycles. The second kappa shape index (κ2) is 7.67. The first-order valence-corrected chi connectivity index (χ1v) is 12.4. The van der Waals surface area contributed by atoms with Gasteiger partial charge in [-0.1, -0.05) is 0 Å².